The first kappa shape index (κ1) is 16.1. The van der Waals surface area contributed by atoms with E-state index in [4.69, 9.17) is 0 Å². The molecule has 2 heterocycles. The fourth-order valence-electron chi connectivity index (χ4n) is 2.96. The van der Waals surface area contributed by atoms with Gasteiger partial charge in [0.1, 0.15) is 0 Å². The van der Waals surface area contributed by atoms with Gasteiger partial charge in [-0.1, -0.05) is 18.2 Å². The molecule has 5 nitrogen and oxygen atoms in total. The lowest BCUT2D eigenvalue weighted by Crippen LogP contribution is -2.31. The molecule has 1 aliphatic rings. The van der Waals surface area contributed by atoms with Crippen LogP contribution in [-0.4, -0.2) is 32.5 Å². The van der Waals surface area contributed by atoms with Gasteiger partial charge in [-0.25, -0.2) is 0 Å². The summed E-state index contributed by atoms with van der Waals surface area (Å²) in [5.41, 5.74) is 0.810. The molecule has 0 aliphatic heterocycles. The summed E-state index contributed by atoms with van der Waals surface area (Å²) in [4.78, 5) is 12.4. The Morgan fingerprint density at radius 2 is 2.39 bits per heavy atom. The number of carbonyl (C=O) groups is 1. The highest BCUT2D eigenvalue weighted by Gasteiger charge is 2.22. The SMILES string of the molecule is CSCCC(NC(=O)CC1C=CCC1)c1nnc2ccccn12. The maximum Gasteiger partial charge on any atom is 0.221 e. The quantitative estimate of drug-likeness (QED) is 0.793. The molecule has 2 atom stereocenters. The first-order valence-electron chi connectivity index (χ1n) is 8.02. The van der Waals surface area contributed by atoms with Crippen molar-refractivity contribution >= 4 is 23.3 Å². The molecular weight excluding hydrogens is 308 g/mol. The summed E-state index contributed by atoms with van der Waals surface area (Å²) in [6.07, 6.45) is 11.9. The van der Waals surface area contributed by atoms with Crippen LogP contribution in [0.3, 0.4) is 0 Å². The van der Waals surface area contributed by atoms with Gasteiger partial charge < -0.3 is 5.32 Å². The Morgan fingerprint density at radius 1 is 1.48 bits per heavy atom. The zero-order valence-corrected chi connectivity index (χ0v) is 14.1. The van der Waals surface area contributed by atoms with Gasteiger partial charge in [0.2, 0.25) is 5.91 Å². The average molecular weight is 330 g/mol. The molecule has 1 aliphatic carbocycles. The summed E-state index contributed by atoms with van der Waals surface area (Å²) in [5.74, 6) is 2.26. The van der Waals surface area contributed by atoms with Gasteiger partial charge in [0.25, 0.3) is 0 Å². The standard InChI is InChI=1S/C17H22N4OS/c1-23-11-9-14(18-16(22)12-13-6-2-3-7-13)17-20-19-15-8-4-5-10-21(15)17/h2,4-6,8,10,13-14H,3,7,9,11-12H2,1H3,(H,18,22). The fraction of sp³-hybridized carbons (Fsp3) is 0.471. The number of aromatic nitrogens is 3. The minimum Gasteiger partial charge on any atom is -0.346 e. The third kappa shape index (κ3) is 3.93. The number of hydrogen-bond donors (Lipinski definition) is 1. The van der Waals surface area contributed by atoms with Gasteiger partial charge >= 0.3 is 0 Å². The van der Waals surface area contributed by atoms with E-state index in [0.29, 0.717) is 12.3 Å². The van der Waals surface area contributed by atoms with Gasteiger partial charge in [-0.2, -0.15) is 11.8 Å². The van der Waals surface area contributed by atoms with Gasteiger partial charge in [0.15, 0.2) is 11.5 Å². The Bertz CT molecular complexity index is 697. The lowest BCUT2D eigenvalue weighted by molar-refractivity contribution is -0.122. The predicted molar refractivity (Wildman–Crippen MR) is 93.4 cm³/mol. The molecule has 122 valence electrons. The van der Waals surface area contributed by atoms with Crippen molar-refractivity contribution in [3.8, 4) is 0 Å². The second-order valence-corrected chi connectivity index (χ2v) is 6.84. The van der Waals surface area contributed by atoms with Crippen LogP contribution in [0.1, 0.15) is 37.5 Å². The highest BCUT2D eigenvalue weighted by Crippen LogP contribution is 2.22. The number of amides is 1. The lowest BCUT2D eigenvalue weighted by atomic mass is 10.0. The van der Waals surface area contributed by atoms with E-state index in [0.717, 1.165) is 36.5 Å². The van der Waals surface area contributed by atoms with E-state index in [2.05, 4.69) is 33.9 Å². The number of thioether (sulfide) groups is 1. The van der Waals surface area contributed by atoms with Crippen LogP contribution >= 0.6 is 11.8 Å². The lowest BCUT2D eigenvalue weighted by Gasteiger charge is -2.18. The summed E-state index contributed by atoms with van der Waals surface area (Å²) in [6, 6.07) is 5.72. The highest BCUT2D eigenvalue weighted by atomic mass is 32.2. The number of carbonyl (C=O) groups excluding carboxylic acids is 1. The summed E-state index contributed by atoms with van der Waals surface area (Å²) >= 11 is 1.77. The molecule has 0 fully saturated rings. The van der Waals surface area contributed by atoms with Crippen LogP contribution in [0.15, 0.2) is 36.5 Å². The largest absolute Gasteiger partial charge is 0.346 e. The van der Waals surface area contributed by atoms with E-state index in [1.807, 2.05) is 28.8 Å². The average Bonchev–Trinajstić information content (AvgIpc) is 3.20. The molecule has 23 heavy (non-hydrogen) atoms. The van der Waals surface area contributed by atoms with Crippen molar-refractivity contribution in [3.05, 3.63) is 42.4 Å². The number of rotatable bonds is 7. The minimum absolute atomic E-state index is 0.0975. The zero-order chi connectivity index (χ0) is 16.1. The number of hydrogen-bond acceptors (Lipinski definition) is 4. The maximum absolute atomic E-state index is 12.4. The van der Waals surface area contributed by atoms with Gasteiger partial charge in [0, 0.05) is 12.6 Å². The van der Waals surface area contributed by atoms with Crippen LogP contribution in [0.4, 0.5) is 0 Å². The summed E-state index contributed by atoms with van der Waals surface area (Å²) in [5, 5.41) is 11.7. The minimum atomic E-state index is -0.0993. The smallest absolute Gasteiger partial charge is 0.221 e. The van der Waals surface area contributed by atoms with E-state index in [1.54, 1.807) is 11.8 Å². The van der Waals surface area contributed by atoms with Gasteiger partial charge in [-0.05, 0) is 49.3 Å². The topological polar surface area (TPSA) is 59.3 Å². The molecule has 1 N–H and O–H groups in total. The van der Waals surface area contributed by atoms with Crippen LogP contribution in [0.5, 0.6) is 0 Å². The number of nitrogens with one attached hydrogen (secondary N) is 1. The number of allylic oxidation sites excluding steroid dienone is 2. The molecule has 0 spiro atoms. The molecule has 3 rings (SSSR count). The van der Waals surface area contributed by atoms with Crippen LogP contribution in [-0.2, 0) is 4.79 Å². The van der Waals surface area contributed by atoms with E-state index >= 15 is 0 Å². The Morgan fingerprint density at radius 3 is 3.17 bits per heavy atom. The zero-order valence-electron chi connectivity index (χ0n) is 13.3. The van der Waals surface area contributed by atoms with Crippen LogP contribution in [0.2, 0.25) is 0 Å². The second-order valence-electron chi connectivity index (χ2n) is 5.86. The fourth-order valence-corrected chi connectivity index (χ4v) is 3.43. The molecular formula is C17H22N4OS. The van der Waals surface area contributed by atoms with Crippen molar-refractivity contribution in [2.45, 2.75) is 31.7 Å². The second kappa shape index (κ2) is 7.64. The molecule has 0 radical (unpaired) electrons. The highest BCUT2D eigenvalue weighted by molar-refractivity contribution is 7.98. The molecule has 1 amide bonds. The number of pyridine rings is 1. The van der Waals surface area contributed by atoms with Crippen molar-refractivity contribution < 1.29 is 4.79 Å². The third-order valence-electron chi connectivity index (χ3n) is 4.16. The van der Waals surface area contributed by atoms with Gasteiger partial charge in [-0.3, -0.25) is 9.20 Å². The number of nitrogens with zero attached hydrogens (tertiary/aromatic N) is 3. The molecule has 2 unspecified atom stereocenters. The van der Waals surface area contributed by atoms with Crippen LogP contribution < -0.4 is 5.32 Å². The summed E-state index contributed by atoms with van der Waals surface area (Å²) in [6.45, 7) is 0. The summed E-state index contributed by atoms with van der Waals surface area (Å²) in [7, 11) is 0. The van der Waals surface area contributed by atoms with Crippen LogP contribution in [0, 0.1) is 5.92 Å². The molecule has 0 bridgehead atoms. The van der Waals surface area contributed by atoms with Gasteiger partial charge in [0.05, 0.1) is 6.04 Å². The monoisotopic (exact) mass is 330 g/mol. The Hall–Kier alpha value is -1.82. The van der Waals surface area contributed by atoms with Crippen molar-refractivity contribution in [1.29, 1.82) is 0 Å². The van der Waals surface area contributed by atoms with Gasteiger partial charge in [-0.15, -0.1) is 10.2 Å². The molecule has 2 aromatic heterocycles. The predicted octanol–water partition coefficient (Wildman–Crippen LogP) is 3.00. The summed E-state index contributed by atoms with van der Waals surface area (Å²) < 4.78 is 1.96. The Labute approximate surface area is 140 Å². The van der Waals surface area contributed by atoms with Crippen molar-refractivity contribution in [3.63, 3.8) is 0 Å². The first-order chi connectivity index (χ1) is 11.3. The molecule has 0 saturated carbocycles. The molecule has 0 aromatic carbocycles. The van der Waals surface area contributed by atoms with E-state index in [9.17, 15) is 4.79 Å². The molecule has 6 heteroatoms. The number of fused-ring (bicyclic) bond motifs is 1. The molecule has 0 saturated heterocycles. The van der Waals surface area contributed by atoms with E-state index in [-0.39, 0.29) is 11.9 Å². The first-order valence-corrected chi connectivity index (χ1v) is 9.42. The van der Waals surface area contributed by atoms with E-state index < -0.39 is 0 Å². The molecule has 2 aromatic rings. The van der Waals surface area contributed by atoms with Crippen molar-refractivity contribution in [2.24, 2.45) is 5.92 Å². The Kier molecular flexibility index (Phi) is 5.33. The Balaban J connectivity index is 1.74. The van der Waals surface area contributed by atoms with Crippen molar-refractivity contribution in [1.82, 2.24) is 19.9 Å². The normalized spacial score (nSPS) is 18.4. The van der Waals surface area contributed by atoms with Crippen LogP contribution in [0.25, 0.3) is 5.65 Å². The maximum atomic E-state index is 12.4. The van der Waals surface area contributed by atoms with E-state index in [1.165, 1.54) is 0 Å². The van der Waals surface area contributed by atoms with Crippen molar-refractivity contribution in [2.75, 3.05) is 12.0 Å². The third-order valence-corrected chi connectivity index (χ3v) is 4.80.